The predicted molar refractivity (Wildman–Crippen MR) is 67.8 cm³/mol. The highest BCUT2D eigenvalue weighted by atomic mass is 31.2. The van der Waals surface area contributed by atoms with Crippen LogP contribution in [0.3, 0.4) is 0 Å². The van der Waals surface area contributed by atoms with Crippen molar-refractivity contribution in [3.8, 4) is 5.75 Å². The maximum Gasteiger partial charge on any atom is 0.265 e. The number of benzene rings is 2. The van der Waals surface area contributed by atoms with Crippen LogP contribution >= 0.6 is 7.37 Å². The van der Waals surface area contributed by atoms with Crippen LogP contribution < -0.4 is 10.0 Å². The van der Waals surface area contributed by atoms with Crippen molar-refractivity contribution in [1.82, 2.24) is 0 Å². The second-order valence-corrected chi connectivity index (χ2v) is 5.80. The zero-order chi connectivity index (χ0) is 12.1. The summed E-state index contributed by atoms with van der Waals surface area (Å²) < 4.78 is 17.3. The molecule has 0 radical (unpaired) electrons. The summed E-state index contributed by atoms with van der Waals surface area (Å²) in [5, 5.41) is 0.413. The second kappa shape index (κ2) is 5.17. The summed E-state index contributed by atoms with van der Waals surface area (Å²) in [5.41, 5.74) is 0. The van der Waals surface area contributed by atoms with Crippen molar-refractivity contribution in [2.45, 2.75) is 0 Å². The van der Waals surface area contributed by atoms with Crippen molar-refractivity contribution in [3.05, 3.63) is 60.7 Å². The van der Waals surface area contributed by atoms with Crippen LogP contribution in [0, 0.1) is 0 Å². The zero-order valence-corrected chi connectivity index (χ0v) is 10.1. The number of ether oxygens (including phenoxy) is 1. The minimum absolute atomic E-state index is 0.207. The molecule has 0 amide bonds. The van der Waals surface area contributed by atoms with Crippen molar-refractivity contribution in [1.29, 1.82) is 0 Å². The molecular weight excluding hydrogens is 235 g/mol. The van der Waals surface area contributed by atoms with Gasteiger partial charge in [0.2, 0.25) is 0 Å². The fourth-order valence-electron chi connectivity index (χ4n) is 1.41. The summed E-state index contributed by atoms with van der Waals surface area (Å²) in [7, 11) is -3.43. The van der Waals surface area contributed by atoms with E-state index in [4.69, 9.17) is 4.74 Å². The van der Waals surface area contributed by atoms with Gasteiger partial charge >= 0.3 is 0 Å². The first-order valence-electron chi connectivity index (χ1n) is 5.24. The normalized spacial score (nSPS) is 13.9. The molecule has 0 heterocycles. The standard InChI is InChI=1S/C13H13O3P/c14-17(15,13-9-5-2-6-10-13)11-16-12-7-3-1-4-8-12/h1-10H,11H2,(H,14,15). The third-order valence-corrected chi connectivity index (χ3v) is 3.89. The van der Waals surface area contributed by atoms with Crippen molar-refractivity contribution in [2.75, 3.05) is 6.35 Å². The average Bonchev–Trinajstić information content (AvgIpc) is 2.39. The summed E-state index contributed by atoms with van der Waals surface area (Å²) >= 11 is 0. The molecule has 17 heavy (non-hydrogen) atoms. The molecule has 0 saturated heterocycles. The van der Waals surface area contributed by atoms with Crippen LogP contribution in [0.1, 0.15) is 0 Å². The minimum Gasteiger partial charge on any atom is -0.483 e. The van der Waals surface area contributed by atoms with Crippen LogP contribution in [0.5, 0.6) is 5.75 Å². The van der Waals surface area contributed by atoms with Crippen molar-refractivity contribution in [2.24, 2.45) is 0 Å². The molecule has 1 N–H and O–H groups in total. The molecule has 2 rings (SSSR count). The van der Waals surface area contributed by atoms with Gasteiger partial charge in [0.05, 0.1) is 0 Å². The minimum atomic E-state index is -3.43. The third-order valence-electron chi connectivity index (χ3n) is 2.31. The average molecular weight is 248 g/mol. The van der Waals surface area contributed by atoms with E-state index in [-0.39, 0.29) is 6.35 Å². The summed E-state index contributed by atoms with van der Waals surface area (Å²) in [6.45, 7) is 0. The monoisotopic (exact) mass is 248 g/mol. The van der Waals surface area contributed by atoms with Crippen LogP contribution in [0.4, 0.5) is 0 Å². The lowest BCUT2D eigenvalue weighted by Gasteiger charge is -2.12. The summed E-state index contributed by atoms with van der Waals surface area (Å²) in [4.78, 5) is 9.88. The molecule has 0 aliphatic rings. The van der Waals surface area contributed by atoms with Gasteiger partial charge in [0.25, 0.3) is 7.37 Å². The van der Waals surface area contributed by atoms with E-state index in [9.17, 15) is 9.46 Å². The molecule has 2 aromatic rings. The van der Waals surface area contributed by atoms with Gasteiger partial charge in [-0.2, -0.15) is 0 Å². The second-order valence-electron chi connectivity index (χ2n) is 3.62. The zero-order valence-electron chi connectivity index (χ0n) is 9.19. The van der Waals surface area contributed by atoms with Crippen LogP contribution in [0.2, 0.25) is 0 Å². The quantitative estimate of drug-likeness (QED) is 0.846. The molecule has 0 bridgehead atoms. The van der Waals surface area contributed by atoms with Crippen LogP contribution in [-0.4, -0.2) is 11.2 Å². The number of hydrogen-bond acceptors (Lipinski definition) is 2. The first-order valence-corrected chi connectivity index (χ1v) is 7.08. The first-order chi connectivity index (χ1) is 8.18. The Kier molecular flexibility index (Phi) is 3.62. The molecule has 4 heteroatoms. The summed E-state index contributed by atoms with van der Waals surface area (Å²) in [5.74, 6) is 0.595. The van der Waals surface area contributed by atoms with E-state index in [0.717, 1.165) is 0 Å². The Morgan fingerprint density at radius 1 is 0.941 bits per heavy atom. The Hall–Kier alpha value is -1.57. The summed E-state index contributed by atoms with van der Waals surface area (Å²) in [6, 6.07) is 17.6. The number of rotatable bonds is 4. The molecule has 0 aromatic heterocycles. The van der Waals surface area contributed by atoms with Crippen LogP contribution in [0.15, 0.2) is 60.7 Å². The van der Waals surface area contributed by atoms with Gasteiger partial charge in [-0.05, 0) is 24.3 Å². The lowest BCUT2D eigenvalue weighted by Crippen LogP contribution is -2.10. The molecule has 0 saturated carbocycles. The van der Waals surface area contributed by atoms with Gasteiger partial charge in [0.1, 0.15) is 5.75 Å². The van der Waals surface area contributed by atoms with E-state index in [1.54, 1.807) is 36.4 Å². The molecule has 0 fully saturated rings. The van der Waals surface area contributed by atoms with Gasteiger partial charge in [-0.25, -0.2) is 0 Å². The fourth-order valence-corrected chi connectivity index (χ4v) is 2.53. The molecule has 1 unspecified atom stereocenters. The van der Waals surface area contributed by atoms with Crippen molar-refractivity contribution in [3.63, 3.8) is 0 Å². The van der Waals surface area contributed by atoms with Crippen LogP contribution in [0.25, 0.3) is 0 Å². The maximum absolute atomic E-state index is 12.0. The van der Waals surface area contributed by atoms with Crippen molar-refractivity contribution < 1.29 is 14.2 Å². The molecule has 0 aliphatic heterocycles. The predicted octanol–water partition coefficient (Wildman–Crippen LogP) is 2.62. The molecule has 1 atom stereocenters. The lowest BCUT2D eigenvalue weighted by atomic mass is 10.3. The number of para-hydroxylation sites is 1. The van der Waals surface area contributed by atoms with E-state index in [1.807, 2.05) is 24.3 Å². The molecule has 3 nitrogen and oxygen atoms in total. The number of hydrogen-bond donors (Lipinski definition) is 1. The highest BCUT2D eigenvalue weighted by molar-refractivity contribution is 7.65. The Balaban J connectivity index is 2.06. The Bertz CT molecular complexity index is 511. The fraction of sp³-hybridized carbons (Fsp3) is 0.0769. The summed E-state index contributed by atoms with van der Waals surface area (Å²) in [6.07, 6.45) is -0.207. The van der Waals surface area contributed by atoms with E-state index in [2.05, 4.69) is 0 Å². The molecule has 2 aromatic carbocycles. The van der Waals surface area contributed by atoms with Gasteiger partial charge in [-0.1, -0.05) is 36.4 Å². The van der Waals surface area contributed by atoms with E-state index in [1.165, 1.54) is 0 Å². The Labute approximate surface area is 100 Å². The van der Waals surface area contributed by atoms with Gasteiger partial charge in [0.15, 0.2) is 6.35 Å². The van der Waals surface area contributed by atoms with Gasteiger partial charge < -0.3 is 9.63 Å². The molecule has 0 aliphatic carbocycles. The Morgan fingerprint density at radius 3 is 2.06 bits per heavy atom. The van der Waals surface area contributed by atoms with E-state index >= 15 is 0 Å². The van der Waals surface area contributed by atoms with Gasteiger partial charge in [-0.3, -0.25) is 4.57 Å². The molecular formula is C13H13O3P. The SMILES string of the molecule is O=P(O)(COc1ccccc1)c1ccccc1. The molecule has 88 valence electrons. The third kappa shape index (κ3) is 3.19. The van der Waals surface area contributed by atoms with Gasteiger partial charge in [0, 0.05) is 5.30 Å². The highest BCUT2D eigenvalue weighted by Crippen LogP contribution is 2.39. The molecule has 0 spiro atoms. The van der Waals surface area contributed by atoms with E-state index in [0.29, 0.717) is 11.1 Å². The first kappa shape index (κ1) is 11.9. The van der Waals surface area contributed by atoms with Crippen molar-refractivity contribution >= 4 is 12.7 Å². The van der Waals surface area contributed by atoms with Crippen LogP contribution in [-0.2, 0) is 4.57 Å². The lowest BCUT2D eigenvalue weighted by molar-refractivity contribution is 0.355. The van der Waals surface area contributed by atoms with Gasteiger partial charge in [-0.15, -0.1) is 0 Å². The smallest absolute Gasteiger partial charge is 0.265 e. The Morgan fingerprint density at radius 2 is 1.47 bits per heavy atom. The topological polar surface area (TPSA) is 46.5 Å². The largest absolute Gasteiger partial charge is 0.483 e. The highest BCUT2D eigenvalue weighted by Gasteiger charge is 2.21. The van der Waals surface area contributed by atoms with E-state index < -0.39 is 7.37 Å². The maximum atomic E-state index is 12.0.